The molecule has 0 bridgehead atoms. The maximum Gasteiger partial charge on any atom is 0.371 e. The molecule has 1 aliphatic heterocycles. The number of carbonyl (C=O) groups is 2. The van der Waals surface area contributed by atoms with Crippen LogP contribution in [-0.2, 0) is 19.1 Å². The van der Waals surface area contributed by atoms with Crippen molar-refractivity contribution >= 4 is 11.9 Å². The highest BCUT2D eigenvalue weighted by Gasteiger charge is 2.49. The van der Waals surface area contributed by atoms with Crippen LogP contribution in [-0.4, -0.2) is 44.3 Å². The Bertz CT molecular complexity index is 229. The van der Waals surface area contributed by atoms with E-state index >= 15 is 0 Å². The summed E-state index contributed by atoms with van der Waals surface area (Å²) in [4.78, 5) is 23.1. The molecule has 1 saturated heterocycles. The van der Waals surface area contributed by atoms with Gasteiger partial charge in [0.15, 0.2) is 6.54 Å². The molecule has 14 heavy (non-hydrogen) atoms. The van der Waals surface area contributed by atoms with Crippen molar-refractivity contribution in [3.05, 3.63) is 0 Å². The lowest BCUT2D eigenvalue weighted by Crippen LogP contribution is -2.96. The van der Waals surface area contributed by atoms with Crippen LogP contribution >= 0.6 is 0 Å². The van der Waals surface area contributed by atoms with E-state index < -0.39 is 0 Å². The monoisotopic (exact) mass is 202 g/mol. The summed E-state index contributed by atoms with van der Waals surface area (Å²) in [5, 5.41) is 0. The average molecular weight is 202 g/mol. The van der Waals surface area contributed by atoms with Crippen LogP contribution in [0.1, 0.15) is 13.8 Å². The fourth-order valence-electron chi connectivity index (χ4n) is 1.29. The summed E-state index contributed by atoms with van der Waals surface area (Å²) in [5.41, 5.74) is 0. The van der Waals surface area contributed by atoms with E-state index in [1.54, 1.807) is 13.8 Å². The van der Waals surface area contributed by atoms with Gasteiger partial charge in [0.1, 0.15) is 6.54 Å². The van der Waals surface area contributed by atoms with Crippen LogP contribution in [0.5, 0.6) is 0 Å². The quantitative estimate of drug-likeness (QED) is 0.430. The fraction of sp³-hybridized carbons (Fsp3) is 0.778. The van der Waals surface area contributed by atoms with Gasteiger partial charge in [-0.3, -0.25) is 0 Å². The van der Waals surface area contributed by atoms with E-state index in [0.717, 1.165) is 4.90 Å². The Kier molecular flexibility index (Phi) is 3.88. The number of esters is 2. The molecule has 0 spiro atoms. The van der Waals surface area contributed by atoms with Crippen molar-refractivity contribution in [2.45, 2.75) is 19.9 Å². The van der Waals surface area contributed by atoms with Gasteiger partial charge in [-0.1, -0.05) is 0 Å². The first-order chi connectivity index (χ1) is 6.69. The van der Waals surface area contributed by atoms with E-state index in [4.69, 9.17) is 9.47 Å². The van der Waals surface area contributed by atoms with E-state index in [-0.39, 0.29) is 24.5 Å². The molecule has 0 aliphatic carbocycles. The molecule has 1 aliphatic rings. The number of carbonyl (C=O) groups excluding carboxylic acids is 2. The van der Waals surface area contributed by atoms with Gasteiger partial charge in [-0.25, -0.2) is 9.59 Å². The molecule has 5 heteroatoms. The van der Waals surface area contributed by atoms with E-state index in [9.17, 15) is 9.59 Å². The lowest BCUT2D eigenvalue weighted by atomic mass is 10.5. The number of hydrogen-bond acceptors (Lipinski definition) is 4. The van der Waals surface area contributed by atoms with Crippen molar-refractivity contribution in [2.75, 3.05) is 26.3 Å². The Labute approximate surface area is 83.0 Å². The third kappa shape index (κ3) is 2.99. The van der Waals surface area contributed by atoms with Gasteiger partial charge in [0.05, 0.1) is 13.2 Å². The molecule has 0 aromatic heterocycles. The van der Waals surface area contributed by atoms with Crippen LogP contribution in [0.4, 0.5) is 0 Å². The Morgan fingerprint density at radius 3 is 2.50 bits per heavy atom. The number of hydrogen-bond donors (Lipinski definition) is 1. The predicted octanol–water partition coefficient (Wildman–Crippen LogP) is -1.62. The first-order valence-corrected chi connectivity index (χ1v) is 4.85. The summed E-state index contributed by atoms with van der Waals surface area (Å²) in [6, 6.07) is -0.153. The van der Waals surface area contributed by atoms with Gasteiger partial charge < -0.3 is 14.4 Å². The normalized spacial score (nSPS) is 24.1. The standard InChI is InChI=1S/C9H15NO4/c1-3-13-8(11)6-10-5-7(10)9(12)14-4-2/h7H,3-6H2,1-2H3/p+1/t7-,10?/m0/s1. The van der Waals surface area contributed by atoms with Gasteiger partial charge in [0.2, 0.25) is 6.04 Å². The largest absolute Gasteiger partial charge is 0.462 e. The topological polar surface area (TPSA) is 57.0 Å². The van der Waals surface area contributed by atoms with Gasteiger partial charge in [-0.2, -0.15) is 0 Å². The smallest absolute Gasteiger partial charge is 0.371 e. The van der Waals surface area contributed by atoms with E-state index in [2.05, 4.69) is 0 Å². The zero-order valence-electron chi connectivity index (χ0n) is 8.54. The van der Waals surface area contributed by atoms with Crippen LogP contribution in [0, 0.1) is 0 Å². The maximum atomic E-state index is 11.2. The van der Waals surface area contributed by atoms with Gasteiger partial charge in [-0.05, 0) is 13.8 Å². The minimum absolute atomic E-state index is 0.153. The second-order valence-electron chi connectivity index (χ2n) is 3.15. The predicted molar refractivity (Wildman–Crippen MR) is 47.8 cm³/mol. The van der Waals surface area contributed by atoms with Crippen LogP contribution in [0.15, 0.2) is 0 Å². The Balaban J connectivity index is 2.19. The molecular weight excluding hydrogens is 186 g/mol. The molecule has 1 heterocycles. The third-order valence-corrected chi connectivity index (χ3v) is 2.05. The van der Waals surface area contributed by atoms with Crippen molar-refractivity contribution in [2.24, 2.45) is 0 Å². The number of ether oxygens (including phenoxy) is 2. The molecule has 5 nitrogen and oxygen atoms in total. The molecule has 0 aromatic rings. The van der Waals surface area contributed by atoms with Crippen LogP contribution in [0.2, 0.25) is 0 Å². The summed E-state index contributed by atoms with van der Waals surface area (Å²) in [7, 11) is 0. The molecule has 1 fully saturated rings. The van der Waals surface area contributed by atoms with Crippen molar-refractivity contribution in [3.63, 3.8) is 0 Å². The van der Waals surface area contributed by atoms with Crippen LogP contribution in [0.25, 0.3) is 0 Å². The first kappa shape index (κ1) is 11.0. The van der Waals surface area contributed by atoms with Gasteiger partial charge >= 0.3 is 11.9 Å². The molecule has 2 atom stereocenters. The number of quaternary nitrogens is 1. The van der Waals surface area contributed by atoms with Gasteiger partial charge in [0, 0.05) is 0 Å². The Hall–Kier alpha value is -1.10. The second-order valence-corrected chi connectivity index (χ2v) is 3.15. The van der Waals surface area contributed by atoms with Crippen molar-refractivity contribution in [1.29, 1.82) is 0 Å². The number of rotatable bonds is 5. The lowest BCUT2D eigenvalue weighted by molar-refractivity contribution is -0.760. The van der Waals surface area contributed by atoms with Crippen molar-refractivity contribution in [1.82, 2.24) is 0 Å². The third-order valence-electron chi connectivity index (χ3n) is 2.05. The molecular formula is C9H16NO4+. The summed E-state index contributed by atoms with van der Waals surface area (Å²) in [5.74, 6) is -0.471. The summed E-state index contributed by atoms with van der Waals surface area (Å²) in [6.07, 6.45) is 0. The van der Waals surface area contributed by atoms with E-state index in [1.165, 1.54) is 0 Å². The highest BCUT2D eigenvalue weighted by atomic mass is 16.5. The molecule has 1 N–H and O–H groups in total. The fourth-order valence-corrected chi connectivity index (χ4v) is 1.29. The molecule has 1 rings (SSSR count). The molecule has 0 radical (unpaired) electrons. The molecule has 0 amide bonds. The van der Waals surface area contributed by atoms with Crippen LogP contribution in [0.3, 0.4) is 0 Å². The Morgan fingerprint density at radius 1 is 1.29 bits per heavy atom. The molecule has 1 unspecified atom stereocenters. The van der Waals surface area contributed by atoms with Gasteiger partial charge in [0.25, 0.3) is 0 Å². The maximum absolute atomic E-state index is 11.2. The molecule has 0 saturated carbocycles. The summed E-state index contributed by atoms with van der Waals surface area (Å²) >= 11 is 0. The average Bonchev–Trinajstić information content (AvgIpc) is 2.84. The summed E-state index contributed by atoms with van der Waals surface area (Å²) < 4.78 is 9.59. The van der Waals surface area contributed by atoms with Crippen molar-refractivity contribution < 1.29 is 24.0 Å². The van der Waals surface area contributed by atoms with Crippen LogP contribution < -0.4 is 4.90 Å². The van der Waals surface area contributed by atoms with E-state index in [0.29, 0.717) is 19.8 Å². The van der Waals surface area contributed by atoms with Gasteiger partial charge in [-0.15, -0.1) is 0 Å². The highest BCUT2D eigenvalue weighted by molar-refractivity contribution is 5.77. The summed E-state index contributed by atoms with van der Waals surface area (Å²) in [6.45, 7) is 5.25. The zero-order chi connectivity index (χ0) is 10.6. The van der Waals surface area contributed by atoms with Crippen molar-refractivity contribution in [3.8, 4) is 0 Å². The number of nitrogens with one attached hydrogen (secondary N) is 1. The first-order valence-electron chi connectivity index (χ1n) is 4.85. The highest BCUT2D eigenvalue weighted by Crippen LogP contribution is 1.92. The molecule has 0 aromatic carbocycles. The second kappa shape index (κ2) is 4.95. The minimum Gasteiger partial charge on any atom is -0.462 e. The minimum atomic E-state index is -0.255. The SMILES string of the molecule is CCOC(=O)C[NH+]1C[C@H]1C(=O)OCC. The van der Waals surface area contributed by atoms with E-state index in [1.807, 2.05) is 0 Å². The zero-order valence-corrected chi connectivity index (χ0v) is 8.54. The molecule has 80 valence electrons. The lowest BCUT2D eigenvalue weighted by Gasteiger charge is -2.00. The Morgan fingerprint density at radius 2 is 1.93 bits per heavy atom.